The highest BCUT2D eigenvalue weighted by atomic mass is 32.2. The molecule has 4 aliphatic carbocycles. The van der Waals surface area contributed by atoms with Crippen molar-refractivity contribution in [2.75, 3.05) is 12.4 Å². The lowest BCUT2D eigenvalue weighted by Crippen LogP contribution is -2.58. The van der Waals surface area contributed by atoms with Crippen molar-refractivity contribution in [3.63, 3.8) is 0 Å². The van der Waals surface area contributed by atoms with Gasteiger partial charge in [0.2, 0.25) is 0 Å². The maximum Gasteiger partial charge on any atom is 0.317 e. The second-order valence-corrected chi connectivity index (χ2v) is 12.2. The first-order valence-corrected chi connectivity index (χ1v) is 14.1. The van der Waals surface area contributed by atoms with Crippen molar-refractivity contribution >= 4 is 45.6 Å². The molecule has 34 heavy (non-hydrogen) atoms. The largest absolute Gasteiger partial charge is 0.464 e. The molecule has 2 atom stereocenters. The molecule has 4 fully saturated rings. The highest BCUT2D eigenvalue weighted by Gasteiger charge is 2.64. The molecule has 4 aliphatic rings. The Labute approximate surface area is 204 Å². The molecule has 0 amide bonds. The van der Waals surface area contributed by atoms with Crippen LogP contribution in [0.25, 0.3) is 0 Å². The van der Waals surface area contributed by atoms with E-state index in [1.807, 2.05) is 0 Å². The van der Waals surface area contributed by atoms with E-state index in [1.54, 1.807) is 0 Å². The number of carbonyl (C=O) groups is 2. The summed E-state index contributed by atoms with van der Waals surface area (Å²) >= 11 is 0. The van der Waals surface area contributed by atoms with Crippen molar-refractivity contribution in [2.24, 2.45) is 22.7 Å². The first-order chi connectivity index (χ1) is 16.0. The fourth-order valence-corrected chi connectivity index (χ4v) is 7.31. The van der Waals surface area contributed by atoms with Crippen LogP contribution < -0.4 is 4.74 Å². The summed E-state index contributed by atoms with van der Waals surface area (Å²) < 4.78 is 42.5. The maximum atomic E-state index is 13.8. The van der Waals surface area contributed by atoms with Gasteiger partial charge in [-0.25, -0.2) is 0 Å². The first kappa shape index (κ1) is 25.4. The quantitative estimate of drug-likeness (QED) is 0.227. The third kappa shape index (κ3) is 4.83. The van der Waals surface area contributed by atoms with Crippen LogP contribution in [-0.2, 0) is 43.4 Å². The summed E-state index contributed by atoms with van der Waals surface area (Å²) in [6, 6.07) is 4.24. The number of esters is 2. The lowest BCUT2D eigenvalue weighted by atomic mass is 9.44. The van der Waals surface area contributed by atoms with Crippen molar-refractivity contribution in [1.29, 1.82) is 0 Å². The van der Waals surface area contributed by atoms with Crippen LogP contribution in [0.1, 0.15) is 55.2 Å². The predicted octanol–water partition coefficient (Wildman–Crippen LogP) is 0.00890. The average molecular weight is 486 g/mol. The summed E-state index contributed by atoms with van der Waals surface area (Å²) in [5, 5.41) is 0. The SMILES string of the molecule is BCc1cc(CB)c(OC(=O)C23CC4CC(CC(C(=O)OCCS(=O)(=O)O)(C4)C2)C3)c(CB)c1. The number of hydrogen-bond acceptors (Lipinski definition) is 6. The van der Waals surface area contributed by atoms with E-state index in [9.17, 15) is 18.0 Å². The molecular weight excluding hydrogens is 453 g/mol. The van der Waals surface area contributed by atoms with Gasteiger partial charge in [-0.05, 0) is 61.5 Å². The molecule has 7 nitrogen and oxygen atoms in total. The average Bonchev–Trinajstić information content (AvgIpc) is 2.77. The number of hydrogen-bond donors (Lipinski definition) is 1. The minimum Gasteiger partial charge on any atom is -0.464 e. The highest BCUT2D eigenvalue weighted by Crippen LogP contribution is 2.66. The van der Waals surface area contributed by atoms with Crippen LogP contribution in [-0.4, -0.2) is 60.8 Å². The third-order valence-corrected chi connectivity index (χ3v) is 8.85. The van der Waals surface area contributed by atoms with Crippen LogP contribution in [0.2, 0.25) is 0 Å². The number of rotatable bonds is 9. The zero-order valence-corrected chi connectivity index (χ0v) is 21.2. The molecule has 0 spiro atoms. The summed E-state index contributed by atoms with van der Waals surface area (Å²) in [7, 11) is 2.04. The van der Waals surface area contributed by atoms with E-state index in [0.29, 0.717) is 25.0 Å². The maximum absolute atomic E-state index is 13.8. The standard InChI is InChI=1S/C23H33B3O7S/c24-10-14-4-17(11-25)19(18(5-14)12-26)33-21(28)23-8-15-3-16(9-23)7-22(6-15,13-23)20(27)32-1-2-34(29,30)31/h4-5,15-16H,1-3,6-13,24-26H2,(H,29,30,31). The van der Waals surface area contributed by atoms with Crippen LogP contribution in [0.5, 0.6) is 5.75 Å². The van der Waals surface area contributed by atoms with Gasteiger partial charge >= 0.3 is 11.9 Å². The van der Waals surface area contributed by atoms with Crippen molar-refractivity contribution < 1.29 is 32.0 Å². The van der Waals surface area contributed by atoms with Crippen LogP contribution >= 0.6 is 0 Å². The lowest BCUT2D eigenvalue weighted by molar-refractivity contribution is -0.189. The summed E-state index contributed by atoms with van der Waals surface area (Å²) in [5.41, 5.74) is 1.80. The molecule has 0 aliphatic heterocycles. The molecule has 182 valence electrons. The number of carbonyl (C=O) groups excluding carboxylic acids is 2. The van der Waals surface area contributed by atoms with Gasteiger partial charge in [0.05, 0.1) is 10.8 Å². The van der Waals surface area contributed by atoms with Gasteiger partial charge in [0.1, 0.15) is 41.6 Å². The van der Waals surface area contributed by atoms with Crippen molar-refractivity contribution in [3.05, 3.63) is 28.8 Å². The van der Waals surface area contributed by atoms with Gasteiger partial charge in [0, 0.05) is 0 Å². The van der Waals surface area contributed by atoms with Gasteiger partial charge < -0.3 is 9.47 Å². The molecule has 0 heterocycles. The van der Waals surface area contributed by atoms with Crippen molar-refractivity contribution in [2.45, 2.75) is 57.5 Å². The van der Waals surface area contributed by atoms with E-state index in [-0.39, 0.29) is 24.4 Å². The smallest absolute Gasteiger partial charge is 0.317 e. The molecule has 1 aromatic rings. The molecule has 0 radical (unpaired) electrons. The molecule has 2 unspecified atom stereocenters. The Bertz CT molecular complexity index is 1050. The van der Waals surface area contributed by atoms with Gasteiger partial charge in [-0.1, -0.05) is 36.7 Å². The van der Waals surface area contributed by atoms with Crippen LogP contribution in [0.15, 0.2) is 12.1 Å². The van der Waals surface area contributed by atoms with Crippen LogP contribution in [0.4, 0.5) is 0 Å². The normalized spacial score (nSPS) is 29.7. The molecule has 0 saturated heterocycles. The van der Waals surface area contributed by atoms with Gasteiger partial charge in [-0.15, -0.1) is 0 Å². The summed E-state index contributed by atoms with van der Waals surface area (Å²) in [6.45, 7) is -0.379. The third-order valence-electron chi connectivity index (χ3n) is 8.17. The predicted molar refractivity (Wildman–Crippen MR) is 136 cm³/mol. The summed E-state index contributed by atoms with van der Waals surface area (Å²) in [5.74, 6) is -0.137. The number of ether oxygens (including phenoxy) is 2. The topological polar surface area (TPSA) is 107 Å². The van der Waals surface area contributed by atoms with Crippen LogP contribution in [0.3, 0.4) is 0 Å². The molecule has 11 heteroatoms. The second kappa shape index (κ2) is 9.38. The Morgan fingerprint density at radius 2 is 1.47 bits per heavy atom. The van der Waals surface area contributed by atoms with Gasteiger partial charge in [-0.2, -0.15) is 8.42 Å². The van der Waals surface area contributed by atoms with E-state index in [1.165, 1.54) is 5.56 Å². The Balaban J connectivity index is 1.58. The molecule has 4 saturated carbocycles. The van der Waals surface area contributed by atoms with Crippen LogP contribution in [0, 0.1) is 22.7 Å². The molecular formula is C23H33B3O7S. The van der Waals surface area contributed by atoms with Gasteiger partial charge in [0.25, 0.3) is 10.1 Å². The lowest BCUT2D eigenvalue weighted by Gasteiger charge is -2.59. The van der Waals surface area contributed by atoms with Crippen molar-refractivity contribution in [3.8, 4) is 5.75 Å². The minimum absolute atomic E-state index is 0.245. The van der Waals surface area contributed by atoms with E-state index in [0.717, 1.165) is 49.3 Å². The monoisotopic (exact) mass is 486 g/mol. The minimum atomic E-state index is -4.21. The zero-order valence-electron chi connectivity index (χ0n) is 20.4. The van der Waals surface area contributed by atoms with E-state index >= 15 is 0 Å². The Morgan fingerprint density at radius 3 is 1.94 bits per heavy atom. The second-order valence-electron chi connectivity index (χ2n) is 10.6. The molecule has 4 bridgehead atoms. The molecule has 1 aromatic carbocycles. The molecule has 1 N–H and O–H groups in total. The van der Waals surface area contributed by atoms with E-state index in [4.69, 9.17) is 14.0 Å². The fourth-order valence-electron chi connectivity index (χ4n) is 7.02. The summed E-state index contributed by atoms with van der Waals surface area (Å²) in [6.07, 6.45) is 6.61. The van der Waals surface area contributed by atoms with Gasteiger partial charge in [0.15, 0.2) is 0 Å². The van der Waals surface area contributed by atoms with Crippen molar-refractivity contribution in [1.82, 2.24) is 0 Å². The first-order valence-electron chi connectivity index (χ1n) is 12.5. The Hall–Kier alpha value is -1.74. The summed E-state index contributed by atoms with van der Waals surface area (Å²) in [4.78, 5) is 26.9. The molecule has 5 rings (SSSR count). The zero-order chi connectivity index (χ0) is 24.7. The Morgan fingerprint density at radius 1 is 0.941 bits per heavy atom. The fraction of sp³-hybridized carbons (Fsp3) is 0.652. The van der Waals surface area contributed by atoms with E-state index in [2.05, 4.69) is 35.7 Å². The Kier molecular flexibility index (Phi) is 6.99. The van der Waals surface area contributed by atoms with Gasteiger partial charge in [-0.3, -0.25) is 14.1 Å². The molecule has 0 aromatic heterocycles. The highest BCUT2D eigenvalue weighted by molar-refractivity contribution is 7.85. The number of benzene rings is 1. The van der Waals surface area contributed by atoms with E-state index < -0.39 is 32.7 Å².